The van der Waals surface area contributed by atoms with Gasteiger partial charge in [0.25, 0.3) is 11.1 Å². The number of sulfone groups is 1. The van der Waals surface area contributed by atoms with Gasteiger partial charge in [-0.3, -0.25) is 28.3 Å². The van der Waals surface area contributed by atoms with Gasteiger partial charge in [-0.25, -0.2) is 27.2 Å². The van der Waals surface area contributed by atoms with Crippen LogP contribution >= 0.6 is 27.5 Å². The number of fused-ring (bicyclic) bond motifs is 8. The van der Waals surface area contributed by atoms with Crippen molar-refractivity contribution in [2.45, 2.75) is 11.4 Å². The Morgan fingerprint density at radius 2 is 1.42 bits per heavy atom. The number of carbonyl (C=O) groups is 2. The largest absolute Gasteiger partial charge is 0.301 e. The van der Waals surface area contributed by atoms with Crippen molar-refractivity contribution in [1.82, 2.24) is 24.0 Å². The zero-order valence-electron chi connectivity index (χ0n) is 25.5. The van der Waals surface area contributed by atoms with E-state index in [2.05, 4.69) is 25.9 Å². The van der Waals surface area contributed by atoms with Gasteiger partial charge in [0.05, 0.1) is 54.6 Å². The topological polar surface area (TPSA) is 141 Å². The molecule has 0 spiro atoms. The monoisotopic (exact) mass is 777 g/mol. The molecule has 0 fully saturated rings. The number of aromatic nitrogens is 4. The van der Waals surface area contributed by atoms with Gasteiger partial charge >= 0.3 is 0 Å². The number of benzene rings is 4. The summed E-state index contributed by atoms with van der Waals surface area (Å²) in [6.07, 6.45) is 0. The molecule has 2 aromatic heterocycles. The summed E-state index contributed by atoms with van der Waals surface area (Å²) < 4.78 is 58.0. The van der Waals surface area contributed by atoms with E-state index >= 15 is 0 Å². The number of nitrogens with zero attached hydrogens (tertiary/aromatic N) is 5. The Morgan fingerprint density at radius 3 is 2.12 bits per heavy atom. The van der Waals surface area contributed by atoms with E-state index in [0.29, 0.717) is 27.4 Å². The van der Waals surface area contributed by atoms with Crippen LogP contribution in [-0.2, 0) is 16.4 Å². The maximum atomic E-state index is 14.5. The zero-order valence-corrected chi connectivity index (χ0v) is 28.7. The minimum atomic E-state index is -3.98. The van der Waals surface area contributed by atoms with E-state index in [1.165, 1.54) is 16.7 Å². The molecule has 0 amide bonds. The molecule has 16 heteroatoms. The van der Waals surface area contributed by atoms with Crippen LogP contribution in [0.3, 0.4) is 0 Å². The van der Waals surface area contributed by atoms with Crippen molar-refractivity contribution in [1.29, 1.82) is 0 Å². The van der Waals surface area contributed by atoms with Crippen LogP contribution in [0.25, 0.3) is 33.2 Å². The molecule has 2 aliphatic heterocycles. The molecule has 6 aromatic rings. The average molecular weight is 779 g/mol. The lowest BCUT2D eigenvalue weighted by molar-refractivity contribution is 0.102. The molecule has 50 heavy (non-hydrogen) atoms. The summed E-state index contributed by atoms with van der Waals surface area (Å²) in [5, 5.41) is -0.254. The molecule has 0 N–H and O–H groups in total. The van der Waals surface area contributed by atoms with Crippen molar-refractivity contribution in [2.75, 3.05) is 19.3 Å². The fraction of sp³-hybridized carbons (Fsp3) is 0.118. The number of halogens is 4. The summed E-state index contributed by atoms with van der Waals surface area (Å²) in [6, 6.07) is 13.3. The lowest BCUT2D eigenvalue weighted by atomic mass is 10.1. The quantitative estimate of drug-likeness (QED) is 0.234. The zero-order chi connectivity index (χ0) is 35.4. The van der Waals surface area contributed by atoms with Crippen LogP contribution in [0, 0.1) is 11.6 Å². The summed E-state index contributed by atoms with van der Waals surface area (Å²) >= 11 is 10.1. The molecule has 0 saturated heterocycles. The molecule has 2 aliphatic rings. The number of carbonyl (C=O) groups excluding carboxylic acids is 2. The first-order valence-corrected chi connectivity index (χ1v) is 17.7. The van der Waals surface area contributed by atoms with E-state index in [-0.39, 0.29) is 73.9 Å². The van der Waals surface area contributed by atoms with Gasteiger partial charge < -0.3 is 4.90 Å². The van der Waals surface area contributed by atoms with Crippen LogP contribution in [0.5, 0.6) is 0 Å². The van der Waals surface area contributed by atoms with Crippen LogP contribution in [0.4, 0.5) is 8.78 Å². The second-order valence-corrected chi connectivity index (χ2v) is 15.3. The highest BCUT2D eigenvalue weighted by atomic mass is 79.9. The molecule has 250 valence electrons. The van der Waals surface area contributed by atoms with Gasteiger partial charge in [0, 0.05) is 29.7 Å². The van der Waals surface area contributed by atoms with Crippen molar-refractivity contribution in [2.24, 2.45) is 0 Å². The van der Waals surface area contributed by atoms with E-state index in [1.807, 2.05) is 0 Å². The van der Waals surface area contributed by atoms with Crippen molar-refractivity contribution >= 4 is 70.7 Å². The summed E-state index contributed by atoms with van der Waals surface area (Å²) in [5.41, 5.74) is -0.339. The third kappa shape index (κ3) is 4.79. The van der Waals surface area contributed by atoms with Gasteiger partial charge in [-0.2, -0.15) is 0 Å². The predicted octanol–water partition coefficient (Wildman–Crippen LogP) is 4.77. The minimum Gasteiger partial charge on any atom is -0.301 e. The Labute approximate surface area is 293 Å². The van der Waals surface area contributed by atoms with Crippen LogP contribution in [-0.4, -0.2) is 63.3 Å². The highest BCUT2D eigenvalue weighted by molar-refractivity contribution is 9.10. The number of hydrogen-bond donors (Lipinski definition) is 0. The van der Waals surface area contributed by atoms with Crippen LogP contribution in [0.15, 0.2) is 79.6 Å². The molecular formula is C34H19BrClF2N5O6S. The Morgan fingerprint density at radius 1 is 0.800 bits per heavy atom. The molecule has 8 rings (SSSR count). The third-order valence-electron chi connectivity index (χ3n) is 8.79. The van der Waals surface area contributed by atoms with E-state index in [0.717, 1.165) is 16.7 Å². The van der Waals surface area contributed by atoms with E-state index in [1.54, 1.807) is 42.3 Å². The standard InChI is InChI=1S/C34H19BrClF2N5O6S/c1-41(14-15-2-5-22-27(28(15)36)34(47)43-24-6-3-16(35)10-19(24)29(44)31(43)39-22)8-9-50(48,49)18-4-7-25-20(13-18)30(45)32-40-23-12-17(37)11-21(38)26(23)33(46)42(25)32/h2-7,10-13H,8-9,14H2,1H3. The minimum absolute atomic E-state index is 0.0140. The molecule has 0 saturated carbocycles. The van der Waals surface area contributed by atoms with E-state index in [9.17, 15) is 36.4 Å². The molecular weight excluding hydrogens is 760 g/mol. The SMILES string of the molecule is CN(CCS(=O)(=O)c1ccc2c(c1)C(=O)c1nc3cc(F)cc(F)c3c(=O)n1-2)Cc1ccc2nc3n(c(=O)c2c1Cl)-c1ccc(Br)cc1C3=O. The summed E-state index contributed by atoms with van der Waals surface area (Å²) in [6.45, 7) is 0.183. The van der Waals surface area contributed by atoms with Crippen molar-refractivity contribution in [3.05, 3.63) is 131 Å². The molecule has 4 heterocycles. The Bertz CT molecular complexity index is 2820. The maximum Gasteiger partial charge on any atom is 0.269 e. The maximum absolute atomic E-state index is 14.5. The summed E-state index contributed by atoms with van der Waals surface area (Å²) in [7, 11) is -2.31. The van der Waals surface area contributed by atoms with Crippen LogP contribution in [0.2, 0.25) is 5.02 Å². The van der Waals surface area contributed by atoms with E-state index < -0.39 is 43.8 Å². The fourth-order valence-electron chi connectivity index (χ4n) is 6.36. The molecule has 0 bridgehead atoms. The van der Waals surface area contributed by atoms with Crippen molar-refractivity contribution in [3.63, 3.8) is 0 Å². The van der Waals surface area contributed by atoms with Crippen LogP contribution < -0.4 is 11.1 Å². The molecule has 0 radical (unpaired) electrons. The molecule has 11 nitrogen and oxygen atoms in total. The lowest BCUT2D eigenvalue weighted by Gasteiger charge is -2.18. The number of ketones is 2. The smallest absolute Gasteiger partial charge is 0.269 e. The van der Waals surface area contributed by atoms with Crippen LogP contribution in [0.1, 0.15) is 37.9 Å². The third-order valence-corrected chi connectivity index (χ3v) is 11.4. The molecule has 0 atom stereocenters. The van der Waals surface area contributed by atoms with Gasteiger partial charge in [-0.15, -0.1) is 0 Å². The molecule has 0 unspecified atom stereocenters. The second kappa shape index (κ2) is 11.3. The van der Waals surface area contributed by atoms with Gasteiger partial charge in [-0.05, 0) is 55.1 Å². The van der Waals surface area contributed by atoms with Gasteiger partial charge in [0.1, 0.15) is 17.0 Å². The molecule has 0 aliphatic carbocycles. The first kappa shape index (κ1) is 32.3. The Hall–Kier alpha value is -4.96. The van der Waals surface area contributed by atoms with Gasteiger partial charge in [0.2, 0.25) is 11.6 Å². The van der Waals surface area contributed by atoms with Crippen molar-refractivity contribution in [3.8, 4) is 11.4 Å². The highest BCUT2D eigenvalue weighted by Crippen LogP contribution is 2.32. The normalized spacial score (nSPS) is 13.3. The Balaban J connectivity index is 1.04. The van der Waals surface area contributed by atoms with Gasteiger partial charge in [-0.1, -0.05) is 33.6 Å². The van der Waals surface area contributed by atoms with Crippen molar-refractivity contribution < 1.29 is 26.8 Å². The summed E-state index contributed by atoms with van der Waals surface area (Å²) in [4.78, 5) is 63.0. The molecule has 4 aromatic carbocycles. The Kier molecular flexibility index (Phi) is 7.28. The predicted molar refractivity (Wildman–Crippen MR) is 183 cm³/mol. The number of hydrogen-bond acceptors (Lipinski definition) is 9. The fourth-order valence-corrected chi connectivity index (χ4v) is 8.38. The first-order chi connectivity index (χ1) is 23.7. The summed E-state index contributed by atoms with van der Waals surface area (Å²) in [5.74, 6) is -4.01. The first-order valence-electron chi connectivity index (χ1n) is 14.9. The average Bonchev–Trinajstić information content (AvgIpc) is 3.51. The second-order valence-electron chi connectivity index (χ2n) is 11.9. The number of rotatable bonds is 6. The highest BCUT2D eigenvalue weighted by Gasteiger charge is 2.34. The van der Waals surface area contributed by atoms with E-state index in [4.69, 9.17) is 11.6 Å². The van der Waals surface area contributed by atoms with Gasteiger partial charge in [0.15, 0.2) is 21.5 Å². The lowest BCUT2D eigenvalue weighted by Crippen LogP contribution is -2.26.